The lowest BCUT2D eigenvalue weighted by molar-refractivity contribution is -0.127. The van der Waals surface area contributed by atoms with Crippen LogP contribution in [0.15, 0.2) is 59.5 Å². The second-order valence-corrected chi connectivity index (χ2v) is 7.07. The maximum Gasteiger partial charge on any atom is 0.260 e. The van der Waals surface area contributed by atoms with E-state index in [-0.39, 0.29) is 5.91 Å². The quantitative estimate of drug-likeness (QED) is 0.567. The van der Waals surface area contributed by atoms with Crippen molar-refractivity contribution in [2.75, 3.05) is 12.3 Å². The predicted molar refractivity (Wildman–Crippen MR) is 101 cm³/mol. The van der Waals surface area contributed by atoms with E-state index in [0.717, 1.165) is 17.1 Å². The van der Waals surface area contributed by atoms with Crippen LogP contribution in [0.5, 0.6) is 5.75 Å². The Hall–Kier alpha value is -1.94. The number of nitrogens with one attached hydrogen (secondary N) is 1. The Morgan fingerprint density at radius 3 is 2.42 bits per heavy atom. The fraction of sp³-hybridized carbons (Fsp3) is 0.350. The highest BCUT2D eigenvalue weighted by molar-refractivity contribution is 7.99. The minimum Gasteiger partial charge on any atom is -0.481 e. The smallest absolute Gasteiger partial charge is 0.260 e. The topological polar surface area (TPSA) is 38.3 Å². The summed E-state index contributed by atoms with van der Waals surface area (Å²) in [7, 11) is 0. The molecule has 0 aliphatic rings. The van der Waals surface area contributed by atoms with Crippen LogP contribution in [0, 0.1) is 0 Å². The second kappa shape index (κ2) is 9.38. The molecule has 0 aliphatic carbocycles. The van der Waals surface area contributed by atoms with E-state index in [0.29, 0.717) is 12.5 Å². The number of carbonyl (C=O) groups excluding carboxylic acids is 1. The number of benzene rings is 2. The van der Waals surface area contributed by atoms with Crippen LogP contribution in [0.2, 0.25) is 0 Å². The SMILES string of the molecule is CC(Oc1ccccc1C(C)C)C(=O)NCCSc1ccccc1. The van der Waals surface area contributed by atoms with Gasteiger partial charge >= 0.3 is 0 Å². The first-order valence-electron chi connectivity index (χ1n) is 8.29. The van der Waals surface area contributed by atoms with Crippen LogP contribution in [0.25, 0.3) is 0 Å². The highest BCUT2D eigenvalue weighted by atomic mass is 32.2. The van der Waals surface area contributed by atoms with Gasteiger partial charge in [0.1, 0.15) is 5.75 Å². The Kier molecular flexibility index (Phi) is 7.19. The summed E-state index contributed by atoms with van der Waals surface area (Å²) in [6.07, 6.45) is -0.508. The fourth-order valence-corrected chi connectivity index (χ4v) is 3.10. The molecule has 0 radical (unpaired) electrons. The number of hydrogen-bond donors (Lipinski definition) is 1. The van der Waals surface area contributed by atoms with Crippen molar-refractivity contribution in [3.63, 3.8) is 0 Å². The maximum atomic E-state index is 12.2. The highest BCUT2D eigenvalue weighted by Gasteiger charge is 2.16. The third-order valence-corrected chi connectivity index (χ3v) is 4.64. The monoisotopic (exact) mass is 343 g/mol. The summed E-state index contributed by atoms with van der Waals surface area (Å²) in [6.45, 7) is 6.65. The van der Waals surface area contributed by atoms with Crippen molar-refractivity contribution in [3.05, 3.63) is 60.2 Å². The third-order valence-electron chi connectivity index (χ3n) is 3.63. The molecule has 1 unspecified atom stereocenters. The summed E-state index contributed by atoms with van der Waals surface area (Å²) in [5.74, 6) is 1.90. The van der Waals surface area contributed by atoms with Crippen LogP contribution in [-0.4, -0.2) is 24.3 Å². The van der Waals surface area contributed by atoms with Gasteiger partial charge in [-0.05, 0) is 36.6 Å². The van der Waals surface area contributed by atoms with Crippen molar-refractivity contribution in [2.45, 2.75) is 37.7 Å². The maximum absolute atomic E-state index is 12.2. The Labute approximate surface area is 148 Å². The molecule has 1 atom stereocenters. The lowest BCUT2D eigenvalue weighted by atomic mass is 10.0. The molecule has 2 aromatic carbocycles. The molecule has 0 saturated carbocycles. The van der Waals surface area contributed by atoms with Crippen LogP contribution in [0.4, 0.5) is 0 Å². The standard InChI is InChI=1S/C20H25NO2S/c1-15(2)18-11-7-8-12-19(18)23-16(3)20(22)21-13-14-24-17-9-5-4-6-10-17/h4-12,15-16H,13-14H2,1-3H3,(H,21,22). The van der Waals surface area contributed by atoms with Crippen molar-refractivity contribution >= 4 is 17.7 Å². The Morgan fingerprint density at radius 2 is 1.71 bits per heavy atom. The number of para-hydroxylation sites is 1. The van der Waals surface area contributed by atoms with Crippen molar-refractivity contribution in [2.24, 2.45) is 0 Å². The van der Waals surface area contributed by atoms with E-state index in [1.165, 1.54) is 4.90 Å². The molecule has 0 spiro atoms. The van der Waals surface area contributed by atoms with Crippen molar-refractivity contribution in [3.8, 4) is 5.75 Å². The summed E-state index contributed by atoms with van der Waals surface area (Å²) < 4.78 is 5.87. The van der Waals surface area contributed by atoms with E-state index >= 15 is 0 Å². The first-order valence-corrected chi connectivity index (χ1v) is 9.27. The minimum atomic E-state index is -0.508. The Balaban J connectivity index is 1.78. The van der Waals surface area contributed by atoms with E-state index < -0.39 is 6.10 Å². The molecular weight excluding hydrogens is 318 g/mol. The van der Waals surface area contributed by atoms with Gasteiger partial charge in [0.15, 0.2) is 6.10 Å². The summed E-state index contributed by atoms with van der Waals surface area (Å²) >= 11 is 1.73. The molecule has 0 aliphatic heterocycles. The molecule has 1 amide bonds. The van der Waals surface area contributed by atoms with Gasteiger partial charge < -0.3 is 10.1 Å². The van der Waals surface area contributed by atoms with Crippen LogP contribution < -0.4 is 10.1 Å². The first-order chi connectivity index (χ1) is 11.6. The van der Waals surface area contributed by atoms with Crippen LogP contribution in [0.1, 0.15) is 32.3 Å². The van der Waals surface area contributed by atoms with E-state index in [2.05, 4.69) is 31.3 Å². The number of rotatable bonds is 8. The van der Waals surface area contributed by atoms with Gasteiger partial charge in [0.2, 0.25) is 0 Å². The molecule has 0 bridgehead atoms. The summed E-state index contributed by atoms with van der Waals surface area (Å²) in [4.78, 5) is 13.4. The van der Waals surface area contributed by atoms with Crippen LogP contribution in [0.3, 0.4) is 0 Å². The van der Waals surface area contributed by atoms with E-state index in [4.69, 9.17) is 4.74 Å². The van der Waals surface area contributed by atoms with Gasteiger partial charge in [0, 0.05) is 17.2 Å². The summed E-state index contributed by atoms with van der Waals surface area (Å²) in [5, 5.41) is 2.94. The van der Waals surface area contributed by atoms with Gasteiger partial charge in [-0.1, -0.05) is 50.2 Å². The second-order valence-electron chi connectivity index (χ2n) is 5.91. The number of carbonyl (C=O) groups is 1. The lowest BCUT2D eigenvalue weighted by Gasteiger charge is -2.18. The molecule has 1 N–H and O–H groups in total. The molecule has 24 heavy (non-hydrogen) atoms. The largest absolute Gasteiger partial charge is 0.481 e. The molecule has 0 saturated heterocycles. The molecule has 0 aromatic heterocycles. The number of amides is 1. The van der Waals surface area contributed by atoms with E-state index in [1.807, 2.05) is 42.5 Å². The summed E-state index contributed by atoms with van der Waals surface area (Å²) in [6, 6.07) is 18.1. The zero-order valence-corrected chi connectivity index (χ0v) is 15.3. The number of thioether (sulfide) groups is 1. The summed E-state index contributed by atoms with van der Waals surface area (Å²) in [5.41, 5.74) is 1.12. The fourth-order valence-electron chi connectivity index (χ4n) is 2.31. The van der Waals surface area contributed by atoms with E-state index in [9.17, 15) is 4.79 Å². The number of hydrogen-bond acceptors (Lipinski definition) is 3. The van der Waals surface area contributed by atoms with Gasteiger partial charge in [-0.3, -0.25) is 4.79 Å². The van der Waals surface area contributed by atoms with Gasteiger partial charge in [0.25, 0.3) is 5.91 Å². The van der Waals surface area contributed by atoms with Crippen molar-refractivity contribution < 1.29 is 9.53 Å². The molecule has 128 valence electrons. The molecule has 2 aromatic rings. The first kappa shape index (κ1) is 18.4. The molecule has 4 heteroatoms. The Morgan fingerprint density at radius 1 is 1.04 bits per heavy atom. The minimum absolute atomic E-state index is 0.0813. The van der Waals surface area contributed by atoms with Gasteiger partial charge in [-0.2, -0.15) is 0 Å². The van der Waals surface area contributed by atoms with Crippen LogP contribution in [-0.2, 0) is 4.79 Å². The third kappa shape index (κ3) is 5.60. The zero-order valence-electron chi connectivity index (χ0n) is 14.5. The molecule has 2 rings (SSSR count). The zero-order chi connectivity index (χ0) is 17.4. The lowest BCUT2D eigenvalue weighted by Crippen LogP contribution is -2.37. The average Bonchev–Trinajstić information content (AvgIpc) is 2.59. The highest BCUT2D eigenvalue weighted by Crippen LogP contribution is 2.26. The Bertz CT molecular complexity index is 643. The molecule has 3 nitrogen and oxygen atoms in total. The van der Waals surface area contributed by atoms with Crippen molar-refractivity contribution in [1.29, 1.82) is 0 Å². The normalized spacial score (nSPS) is 12.0. The van der Waals surface area contributed by atoms with Gasteiger partial charge in [-0.25, -0.2) is 0 Å². The molecular formula is C20H25NO2S. The average molecular weight is 343 g/mol. The van der Waals surface area contributed by atoms with E-state index in [1.54, 1.807) is 18.7 Å². The predicted octanol–water partition coefficient (Wildman–Crippen LogP) is 4.49. The molecule has 0 heterocycles. The molecule has 0 fully saturated rings. The van der Waals surface area contributed by atoms with Gasteiger partial charge in [-0.15, -0.1) is 11.8 Å². The number of ether oxygens (including phenoxy) is 1. The van der Waals surface area contributed by atoms with Crippen molar-refractivity contribution in [1.82, 2.24) is 5.32 Å². The van der Waals surface area contributed by atoms with Gasteiger partial charge in [0.05, 0.1) is 0 Å². The van der Waals surface area contributed by atoms with Crippen LogP contribution >= 0.6 is 11.8 Å².